The highest BCUT2D eigenvalue weighted by molar-refractivity contribution is 7.98. The molecule has 0 amide bonds. The molecule has 0 spiro atoms. The number of aryl methyl sites for hydroxylation is 1. The number of aromatic nitrogens is 6. The summed E-state index contributed by atoms with van der Waals surface area (Å²) < 4.78 is 3.85. The van der Waals surface area contributed by atoms with Gasteiger partial charge in [-0.2, -0.15) is 4.68 Å². The van der Waals surface area contributed by atoms with E-state index in [0.717, 1.165) is 23.2 Å². The van der Waals surface area contributed by atoms with E-state index >= 15 is 0 Å². The lowest BCUT2D eigenvalue weighted by Crippen LogP contribution is -2.02. The lowest BCUT2D eigenvalue weighted by atomic mass is 10.3. The van der Waals surface area contributed by atoms with Crippen molar-refractivity contribution in [3.8, 4) is 5.69 Å². The van der Waals surface area contributed by atoms with Crippen molar-refractivity contribution < 1.29 is 0 Å². The summed E-state index contributed by atoms with van der Waals surface area (Å²) >= 11 is 1.63. The third-order valence-electron chi connectivity index (χ3n) is 2.88. The van der Waals surface area contributed by atoms with Crippen LogP contribution in [0.4, 0.5) is 0 Å². The second kappa shape index (κ2) is 5.87. The number of thioether (sulfide) groups is 1. The number of benzene rings is 1. The molecule has 2 aromatic heterocycles. The Hall–Kier alpha value is -2.15. The molecule has 0 saturated heterocycles. The Kier molecular flexibility index (Phi) is 3.78. The normalized spacial score (nSPS) is 10.8. The zero-order valence-electron chi connectivity index (χ0n) is 11.0. The van der Waals surface area contributed by atoms with E-state index in [0.29, 0.717) is 5.75 Å². The van der Waals surface area contributed by atoms with Crippen LogP contribution in [0.25, 0.3) is 5.69 Å². The van der Waals surface area contributed by atoms with Gasteiger partial charge < -0.3 is 4.57 Å². The van der Waals surface area contributed by atoms with Gasteiger partial charge >= 0.3 is 0 Å². The van der Waals surface area contributed by atoms with E-state index in [1.807, 2.05) is 42.7 Å². The topological polar surface area (TPSA) is 61.4 Å². The van der Waals surface area contributed by atoms with Crippen LogP contribution in [0.2, 0.25) is 0 Å². The maximum absolute atomic E-state index is 4.34. The van der Waals surface area contributed by atoms with E-state index in [-0.39, 0.29) is 0 Å². The first-order valence-corrected chi connectivity index (χ1v) is 7.33. The molecule has 0 saturated carbocycles. The zero-order chi connectivity index (χ0) is 13.8. The van der Waals surface area contributed by atoms with Crippen LogP contribution in [0.3, 0.4) is 0 Å². The molecule has 6 nitrogen and oxygen atoms in total. The van der Waals surface area contributed by atoms with E-state index in [1.165, 1.54) is 0 Å². The number of nitrogens with zero attached hydrogens (tertiary/aromatic N) is 6. The zero-order valence-corrected chi connectivity index (χ0v) is 11.9. The number of rotatable bonds is 5. The molecular formula is C13H14N6S. The molecule has 0 N–H and O–H groups in total. The minimum Gasteiger partial charge on any atom is -0.326 e. The Morgan fingerprint density at radius 3 is 2.85 bits per heavy atom. The highest BCUT2D eigenvalue weighted by Crippen LogP contribution is 2.20. The third-order valence-corrected chi connectivity index (χ3v) is 3.88. The molecule has 1 aromatic carbocycles. The first-order chi connectivity index (χ1) is 9.88. The maximum Gasteiger partial charge on any atom is 0.168 e. The number of hydrogen-bond donors (Lipinski definition) is 0. The van der Waals surface area contributed by atoms with Gasteiger partial charge in [0.2, 0.25) is 0 Å². The van der Waals surface area contributed by atoms with E-state index in [4.69, 9.17) is 0 Å². The first-order valence-electron chi connectivity index (χ1n) is 6.35. The lowest BCUT2D eigenvalue weighted by molar-refractivity contribution is 0.680. The fraction of sp³-hybridized carbons (Fsp3) is 0.231. The van der Waals surface area contributed by atoms with Crippen molar-refractivity contribution in [2.24, 2.45) is 0 Å². The summed E-state index contributed by atoms with van der Waals surface area (Å²) in [5.41, 5.74) is 0.965. The summed E-state index contributed by atoms with van der Waals surface area (Å²) in [6, 6.07) is 9.88. The third kappa shape index (κ3) is 2.57. The van der Waals surface area contributed by atoms with Gasteiger partial charge in [0.05, 0.1) is 11.4 Å². The molecule has 7 heteroatoms. The Labute approximate surface area is 120 Å². The van der Waals surface area contributed by atoms with Gasteiger partial charge in [-0.25, -0.2) is 4.98 Å². The average Bonchev–Trinajstić information content (AvgIpc) is 3.14. The number of tetrazole rings is 1. The molecule has 102 valence electrons. The molecule has 0 bridgehead atoms. The number of hydrogen-bond acceptors (Lipinski definition) is 5. The monoisotopic (exact) mass is 286 g/mol. The van der Waals surface area contributed by atoms with Crippen molar-refractivity contribution in [3.05, 3.63) is 48.5 Å². The predicted molar refractivity (Wildman–Crippen MR) is 76.6 cm³/mol. The van der Waals surface area contributed by atoms with Crippen molar-refractivity contribution in [1.82, 2.24) is 29.8 Å². The molecule has 0 radical (unpaired) electrons. The van der Waals surface area contributed by atoms with Crippen LogP contribution in [-0.4, -0.2) is 29.8 Å². The summed E-state index contributed by atoms with van der Waals surface area (Å²) in [5.74, 6) is 1.49. The molecule has 3 aromatic rings. The molecule has 0 unspecified atom stereocenters. The second-order valence-corrected chi connectivity index (χ2v) is 5.07. The van der Waals surface area contributed by atoms with E-state index < -0.39 is 0 Å². The maximum atomic E-state index is 4.34. The highest BCUT2D eigenvalue weighted by atomic mass is 32.2. The van der Waals surface area contributed by atoms with Crippen LogP contribution in [-0.2, 0) is 12.3 Å². The molecule has 0 aliphatic carbocycles. The number of para-hydroxylation sites is 1. The highest BCUT2D eigenvalue weighted by Gasteiger charge is 2.10. The van der Waals surface area contributed by atoms with Crippen LogP contribution in [0.1, 0.15) is 12.7 Å². The van der Waals surface area contributed by atoms with Crippen molar-refractivity contribution in [2.45, 2.75) is 24.4 Å². The quantitative estimate of drug-likeness (QED) is 0.673. The van der Waals surface area contributed by atoms with Crippen LogP contribution >= 0.6 is 11.8 Å². The van der Waals surface area contributed by atoms with Gasteiger partial charge in [-0.05, 0) is 29.5 Å². The molecule has 0 aliphatic rings. The Bertz CT molecular complexity index is 675. The number of imidazole rings is 1. The Balaban J connectivity index is 1.78. The molecule has 2 heterocycles. The van der Waals surface area contributed by atoms with Crippen LogP contribution < -0.4 is 0 Å². The lowest BCUT2D eigenvalue weighted by Gasteiger charge is -2.05. The first kappa shape index (κ1) is 12.9. The molecule has 20 heavy (non-hydrogen) atoms. The Morgan fingerprint density at radius 2 is 2.05 bits per heavy atom. The van der Waals surface area contributed by atoms with Gasteiger partial charge in [0.1, 0.15) is 0 Å². The van der Waals surface area contributed by atoms with Crippen molar-refractivity contribution in [2.75, 3.05) is 0 Å². The largest absolute Gasteiger partial charge is 0.326 e. The predicted octanol–water partition coefficient (Wildman–Crippen LogP) is 2.17. The van der Waals surface area contributed by atoms with E-state index in [9.17, 15) is 0 Å². The van der Waals surface area contributed by atoms with E-state index in [2.05, 4.69) is 32.0 Å². The molecular weight excluding hydrogens is 272 g/mol. The summed E-state index contributed by atoms with van der Waals surface area (Å²) in [4.78, 5) is 4.34. The van der Waals surface area contributed by atoms with Crippen LogP contribution in [0.5, 0.6) is 0 Å². The standard InChI is InChI=1S/C13H14N6S/c1-2-18-9-8-14-13(18)20-10-12-15-16-17-19(12)11-6-4-3-5-7-11/h3-9H,2,10H2,1H3. The Morgan fingerprint density at radius 1 is 1.20 bits per heavy atom. The van der Waals surface area contributed by atoms with Gasteiger partial charge in [-0.1, -0.05) is 30.0 Å². The summed E-state index contributed by atoms with van der Waals surface area (Å²) in [5, 5.41) is 12.9. The van der Waals surface area contributed by atoms with Gasteiger partial charge in [0.15, 0.2) is 11.0 Å². The molecule has 0 atom stereocenters. The molecule has 0 fully saturated rings. The minimum atomic E-state index is 0.679. The van der Waals surface area contributed by atoms with Gasteiger partial charge in [-0.15, -0.1) is 5.10 Å². The summed E-state index contributed by atoms with van der Waals surface area (Å²) in [6.45, 7) is 3.01. The average molecular weight is 286 g/mol. The molecule has 0 aliphatic heterocycles. The smallest absolute Gasteiger partial charge is 0.168 e. The van der Waals surface area contributed by atoms with Crippen molar-refractivity contribution >= 4 is 11.8 Å². The SMILES string of the molecule is CCn1ccnc1SCc1nnnn1-c1ccccc1. The van der Waals surface area contributed by atoms with E-state index in [1.54, 1.807) is 16.4 Å². The molecule has 3 rings (SSSR count). The summed E-state index contributed by atoms with van der Waals surface area (Å²) in [6.07, 6.45) is 3.79. The second-order valence-electron chi connectivity index (χ2n) is 4.13. The van der Waals surface area contributed by atoms with Gasteiger partial charge in [0, 0.05) is 18.9 Å². The minimum absolute atomic E-state index is 0.679. The van der Waals surface area contributed by atoms with Gasteiger partial charge in [-0.3, -0.25) is 0 Å². The fourth-order valence-corrected chi connectivity index (χ4v) is 2.80. The summed E-state index contributed by atoms with van der Waals surface area (Å²) in [7, 11) is 0. The van der Waals surface area contributed by atoms with Crippen LogP contribution in [0.15, 0.2) is 47.9 Å². The van der Waals surface area contributed by atoms with Crippen molar-refractivity contribution in [1.29, 1.82) is 0 Å². The van der Waals surface area contributed by atoms with Crippen LogP contribution in [0, 0.1) is 0 Å². The fourth-order valence-electron chi connectivity index (χ4n) is 1.87. The van der Waals surface area contributed by atoms with Gasteiger partial charge in [0.25, 0.3) is 0 Å². The van der Waals surface area contributed by atoms with Crippen molar-refractivity contribution in [3.63, 3.8) is 0 Å².